The third kappa shape index (κ3) is 43.9. The molecule has 58 heavy (non-hydrogen) atoms. The van der Waals surface area contributed by atoms with Crippen LogP contribution in [0.2, 0.25) is 0 Å². The number of nitrogens with one attached hydrogen (secondary N) is 1. The Morgan fingerprint density at radius 3 is 1.26 bits per heavy atom. The number of carbonyl (C=O) groups is 2. The molecule has 2 unspecified atom stereocenters. The number of unbranched alkanes of at least 4 members (excludes halogenated alkanes) is 32. The quantitative estimate of drug-likeness (QED) is 0.0323. The summed E-state index contributed by atoms with van der Waals surface area (Å²) in [5.74, 6) is -0.132. The van der Waals surface area contributed by atoms with E-state index in [1.807, 2.05) is 0 Å². The van der Waals surface area contributed by atoms with Gasteiger partial charge in [0.1, 0.15) is 0 Å². The number of aliphatic hydroxyl groups is 2. The first kappa shape index (κ1) is 56.3. The van der Waals surface area contributed by atoms with E-state index in [2.05, 4.69) is 43.5 Å². The Bertz CT molecular complexity index is 904. The topological polar surface area (TPSA) is 95.9 Å². The van der Waals surface area contributed by atoms with E-state index in [4.69, 9.17) is 4.74 Å². The van der Waals surface area contributed by atoms with Crippen LogP contribution in [0.1, 0.15) is 271 Å². The van der Waals surface area contributed by atoms with Gasteiger partial charge in [-0.2, -0.15) is 0 Å². The van der Waals surface area contributed by atoms with E-state index in [9.17, 15) is 19.8 Å². The molecular weight excluding hydrogens is 719 g/mol. The van der Waals surface area contributed by atoms with Crippen LogP contribution in [0, 0.1) is 0 Å². The standard InChI is InChI=1S/C52H99NO5/c1-3-5-7-9-11-13-15-17-18-19-20-21-22-24-26-30-34-38-42-46-52(57)58-47-43-39-35-31-27-29-33-37-41-45-51(56)53-49(48-54)50(55)44-40-36-32-28-25-23-16-14-12-10-8-6-4-2/h17-18,29,33,49-50,54-55H,3-16,19-28,30-32,34-48H2,1-2H3,(H,53,56)/b18-17-,33-29-. The minimum absolute atomic E-state index is 0.0364. The zero-order chi connectivity index (χ0) is 42.3. The van der Waals surface area contributed by atoms with E-state index in [1.54, 1.807) is 0 Å². The second-order valence-corrected chi connectivity index (χ2v) is 17.5. The summed E-state index contributed by atoms with van der Waals surface area (Å²) >= 11 is 0. The van der Waals surface area contributed by atoms with Crippen LogP contribution in [0.5, 0.6) is 0 Å². The number of hydrogen-bond donors (Lipinski definition) is 3. The van der Waals surface area contributed by atoms with Gasteiger partial charge in [0.15, 0.2) is 0 Å². The van der Waals surface area contributed by atoms with Gasteiger partial charge in [-0.05, 0) is 70.6 Å². The number of aliphatic hydroxyl groups excluding tert-OH is 2. The van der Waals surface area contributed by atoms with Crippen molar-refractivity contribution in [1.82, 2.24) is 5.32 Å². The molecule has 3 N–H and O–H groups in total. The molecule has 0 aliphatic carbocycles. The van der Waals surface area contributed by atoms with Crippen LogP contribution in [-0.2, 0) is 14.3 Å². The zero-order valence-corrected chi connectivity index (χ0v) is 38.8. The molecule has 0 saturated heterocycles. The summed E-state index contributed by atoms with van der Waals surface area (Å²) < 4.78 is 5.45. The molecule has 6 heteroatoms. The molecule has 0 aromatic heterocycles. The predicted molar refractivity (Wildman–Crippen MR) is 250 cm³/mol. The number of esters is 1. The molecule has 0 rings (SSSR count). The van der Waals surface area contributed by atoms with Crippen LogP contribution < -0.4 is 5.32 Å². The minimum Gasteiger partial charge on any atom is -0.466 e. The Labute approximate surface area is 361 Å². The van der Waals surface area contributed by atoms with Gasteiger partial charge >= 0.3 is 5.97 Å². The van der Waals surface area contributed by atoms with Gasteiger partial charge in [-0.25, -0.2) is 0 Å². The number of ether oxygens (including phenoxy) is 1. The van der Waals surface area contributed by atoms with Crippen LogP contribution in [0.4, 0.5) is 0 Å². The van der Waals surface area contributed by atoms with Gasteiger partial charge in [-0.15, -0.1) is 0 Å². The van der Waals surface area contributed by atoms with Gasteiger partial charge in [0.2, 0.25) is 5.91 Å². The van der Waals surface area contributed by atoms with Gasteiger partial charge in [0.05, 0.1) is 25.4 Å². The van der Waals surface area contributed by atoms with E-state index in [0.717, 1.165) is 70.6 Å². The first-order chi connectivity index (χ1) is 28.5. The highest BCUT2D eigenvalue weighted by Crippen LogP contribution is 2.16. The summed E-state index contributed by atoms with van der Waals surface area (Å²) in [6, 6.07) is -0.578. The molecule has 0 saturated carbocycles. The van der Waals surface area contributed by atoms with Crippen molar-refractivity contribution in [1.29, 1.82) is 0 Å². The van der Waals surface area contributed by atoms with E-state index >= 15 is 0 Å². The monoisotopic (exact) mass is 818 g/mol. The van der Waals surface area contributed by atoms with Crippen LogP contribution in [-0.4, -0.2) is 47.4 Å². The molecule has 2 atom stereocenters. The van der Waals surface area contributed by atoms with Gasteiger partial charge in [-0.1, -0.05) is 212 Å². The maximum absolute atomic E-state index is 12.4. The highest BCUT2D eigenvalue weighted by Gasteiger charge is 2.20. The molecule has 6 nitrogen and oxygen atoms in total. The van der Waals surface area contributed by atoms with Crippen molar-refractivity contribution in [2.75, 3.05) is 13.2 Å². The predicted octanol–water partition coefficient (Wildman–Crippen LogP) is 15.1. The first-order valence-electron chi connectivity index (χ1n) is 25.6. The fourth-order valence-corrected chi connectivity index (χ4v) is 7.75. The number of hydrogen-bond acceptors (Lipinski definition) is 5. The smallest absolute Gasteiger partial charge is 0.305 e. The molecule has 0 heterocycles. The fourth-order valence-electron chi connectivity index (χ4n) is 7.75. The van der Waals surface area contributed by atoms with Crippen LogP contribution in [0.25, 0.3) is 0 Å². The van der Waals surface area contributed by atoms with Gasteiger partial charge in [0, 0.05) is 12.8 Å². The Morgan fingerprint density at radius 1 is 0.466 bits per heavy atom. The maximum Gasteiger partial charge on any atom is 0.305 e. The average molecular weight is 818 g/mol. The number of carbonyl (C=O) groups excluding carboxylic acids is 2. The fraction of sp³-hybridized carbons (Fsp3) is 0.885. The zero-order valence-electron chi connectivity index (χ0n) is 38.8. The van der Waals surface area contributed by atoms with Crippen molar-refractivity contribution in [3.8, 4) is 0 Å². The largest absolute Gasteiger partial charge is 0.466 e. The van der Waals surface area contributed by atoms with Crippen molar-refractivity contribution >= 4 is 11.9 Å². The lowest BCUT2D eigenvalue weighted by Gasteiger charge is -2.22. The van der Waals surface area contributed by atoms with Crippen molar-refractivity contribution in [3.63, 3.8) is 0 Å². The summed E-state index contributed by atoms with van der Waals surface area (Å²) in [7, 11) is 0. The van der Waals surface area contributed by atoms with Crippen LogP contribution >= 0.6 is 0 Å². The number of amides is 1. The van der Waals surface area contributed by atoms with Crippen molar-refractivity contribution in [3.05, 3.63) is 24.3 Å². The lowest BCUT2D eigenvalue weighted by atomic mass is 10.0. The van der Waals surface area contributed by atoms with E-state index in [-0.39, 0.29) is 18.5 Å². The lowest BCUT2D eigenvalue weighted by Crippen LogP contribution is -2.45. The van der Waals surface area contributed by atoms with Crippen LogP contribution in [0.15, 0.2) is 24.3 Å². The Morgan fingerprint density at radius 2 is 0.828 bits per heavy atom. The summed E-state index contributed by atoms with van der Waals surface area (Å²) in [5.41, 5.74) is 0. The summed E-state index contributed by atoms with van der Waals surface area (Å²) in [6.45, 7) is 4.85. The first-order valence-corrected chi connectivity index (χ1v) is 25.6. The second-order valence-electron chi connectivity index (χ2n) is 17.5. The van der Waals surface area contributed by atoms with Gasteiger partial charge in [-0.3, -0.25) is 9.59 Å². The highest BCUT2D eigenvalue weighted by atomic mass is 16.5. The van der Waals surface area contributed by atoms with Crippen molar-refractivity contribution < 1.29 is 24.5 Å². The summed E-state index contributed by atoms with van der Waals surface area (Å²) in [4.78, 5) is 24.5. The van der Waals surface area contributed by atoms with E-state index < -0.39 is 12.1 Å². The Balaban J connectivity index is 3.51. The third-order valence-electron chi connectivity index (χ3n) is 11.7. The Kier molecular flexibility index (Phi) is 46.6. The lowest BCUT2D eigenvalue weighted by molar-refractivity contribution is -0.143. The van der Waals surface area contributed by atoms with Crippen molar-refractivity contribution in [2.45, 2.75) is 283 Å². The minimum atomic E-state index is -0.694. The number of allylic oxidation sites excluding steroid dienone is 4. The summed E-state index contributed by atoms with van der Waals surface area (Å²) in [5, 5.41) is 23.1. The highest BCUT2D eigenvalue weighted by molar-refractivity contribution is 5.76. The number of rotatable bonds is 47. The molecule has 0 aromatic carbocycles. The molecule has 0 aliphatic rings. The molecule has 0 bridgehead atoms. The molecule has 0 radical (unpaired) electrons. The SMILES string of the molecule is CCCCCCCC/C=C\CCCCCCCCCCCC(=O)OCCCCCC/C=C\CCCC(=O)NC(CO)C(O)CCCCCCCCCCCCCCC. The van der Waals surface area contributed by atoms with E-state index in [1.165, 1.54) is 167 Å². The average Bonchev–Trinajstić information content (AvgIpc) is 3.22. The molecule has 0 fully saturated rings. The van der Waals surface area contributed by atoms with E-state index in [0.29, 0.717) is 25.9 Å². The molecule has 342 valence electrons. The third-order valence-corrected chi connectivity index (χ3v) is 11.7. The summed E-state index contributed by atoms with van der Waals surface area (Å²) in [6.07, 6.45) is 55.8. The van der Waals surface area contributed by atoms with Crippen molar-refractivity contribution in [2.24, 2.45) is 0 Å². The van der Waals surface area contributed by atoms with Gasteiger partial charge in [0.25, 0.3) is 0 Å². The molecule has 0 aromatic rings. The normalized spacial score (nSPS) is 12.8. The Hall–Kier alpha value is -1.66. The van der Waals surface area contributed by atoms with Crippen LogP contribution in [0.3, 0.4) is 0 Å². The molecular formula is C52H99NO5. The molecule has 0 spiro atoms. The molecule has 0 aliphatic heterocycles. The van der Waals surface area contributed by atoms with Gasteiger partial charge < -0.3 is 20.3 Å². The molecule has 1 amide bonds. The second kappa shape index (κ2) is 48.0. The maximum atomic E-state index is 12.4.